The van der Waals surface area contributed by atoms with Gasteiger partial charge in [-0.25, -0.2) is 4.79 Å². The Bertz CT molecular complexity index is 476. The molecule has 0 radical (unpaired) electrons. The van der Waals surface area contributed by atoms with E-state index in [1.54, 1.807) is 7.11 Å². The average Bonchev–Trinajstić information content (AvgIpc) is 2.46. The lowest BCUT2D eigenvalue weighted by Gasteiger charge is -2.29. The summed E-state index contributed by atoms with van der Waals surface area (Å²) in [5.74, 6) is -0.253. The molecule has 0 saturated carbocycles. The summed E-state index contributed by atoms with van der Waals surface area (Å²) in [5, 5.41) is 0. The number of benzene rings is 1. The van der Waals surface area contributed by atoms with Gasteiger partial charge in [0.05, 0.1) is 12.2 Å². The molecular weight excluding hydrogens is 288 g/mol. The minimum absolute atomic E-state index is 0.154. The maximum Gasteiger partial charge on any atom is 0.338 e. The fourth-order valence-corrected chi connectivity index (χ4v) is 2.56. The molecule has 130 valence electrons. The highest BCUT2D eigenvalue weighted by Gasteiger charge is 2.29. The Hall–Kier alpha value is -1.35. The van der Waals surface area contributed by atoms with Gasteiger partial charge >= 0.3 is 5.97 Å². The number of esters is 1. The van der Waals surface area contributed by atoms with E-state index in [2.05, 4.69) is 40.7 Å². The fourth-order valence-electron chi connectivity index (χ4n) is 2.56. The Labute approximate surface area is 141 Å². The van der Waals surface area contributed by atoms with Gasteiger partial charge in [0.1, 0.15) is 6.10 Å². The van der Waals surface area contributed by atoms with Crippen molar-refractivity contribution in [2.45, 2.75) is 66.4 Å². The van der Waals surface area contributed by atoms with Crippen LogP contribution in [0.2, 0.25) is 0 Å². The van der Waals surface area contributed by atoms with Gasteiger partial charge in [-0.15, -0.1) is 0 Å². The zero-order chi connectivity index (χ0) is 17.5. The van der Waals surface area contributed by atoms with E-state index in [1.807, 2.05) is 12.1 Å². The SMILES string of the molecule is CCCc1cc(CCC)cc(C(=O)OC(COC)C(C)(C)C)c1. The highest BCUT2D eigenvalue weighted by Crippen LogP contribution is 2.24. The molecule has 0 N–H and O–H groups in total. The summed E-state index contributed by atoms with van der Waals surface area (Å²) in [7, 11) is 1.63. The van der Waals surface area contributed by atoms with E-state index >= 15 is 0 Å². The van der Waals surface area contributed by atoms with Crippen LogP contribution in [0.4, 0.5) is 0 Å². The van der Waals surface area contributed by atoms with Gasteiger partial charge in [-0.3, -0.25) is 0 Å². The van der Waals surface area contributed by atoms with Crippen molar-refractivity contribution in [1.82, 2.24) is 0 Å². The molecular formula is C20H32O3. The molecule has 0 aromatic heterocycles. The van der Waals surface area contributed by atoms with Crippen molar-refractivity contribution in [3.05, 3.63) is 34.9 Å². The number of rotatable bonds is 8. The van der Waals surface area contributed by atoms with Gasteiger partial charge in [0, 0.05) is 12.5 Å². The van der Waals surface area contributed by atoms with Crippen molar-refractivity contribution in [3.63, 3.8) is 0 Å². The van der Waals surface area contributed by atoms with Gasteiger partial charge in [-0.2, -0.15) is 0 Å². The third-order valence-electron chi connectivity index (χ3n) is 3.90. The summed E-state index contributed by atoms with van der Waals surface area (Å²) in [4.78, 5) is 12.6. The Morgan fingerprint density at radius 2 is 1.57 bits per heavy atom. The van der Waals surface area contributed by atoms with Crippen molar-refractivity contribution in [2.24, 2.45) is 5.41 Å². The topological polar surface area (TPSA) is 35.5 Å². The molecule has 1 atom stereocenters. The van der Waals surface area contributed by atoms with Crippen LogP contribution in [0.3, 0.4) is 0 Å². The van der Waals surface area contributed by atoms with Gasteiger partial charge in [0.15, 0.2) is 0 Å². The first-order valence-electron chi connectivity index (χ1n) is 8.64. The van der Waals surface area contributed by atoms with Crippen LogP contribution in [0.5, 0.6) is 0 Å². The summed E-state index contributed by atoms with van der Waals surface area (Å²) in [6.45, 7) is 10.9. The van der Waals surface area contributed by atoms with E-state index in [0.29, 0.717) is 12.2 Å². The van der Waals surface area contributed by atoms with Crippen LogP contribution in [0.1, 0.15) is 68.9 Å². The minimum Gasteiger partial charge on any atom is -0.456 e. The van der Waals surface area contributed by atoms with Crippen LogP contribution in [0.15, 0.2) is 18.2 Å². The van der Waals surface area contributed by atoms with Crippen molar-refractivity contribution in [2.75, 3.05) is 13.7 Å². The summed E-state index contributed by atoms with van der Waals surface area (Å²) >= 11 is 0. The van der Waals surface area contributed by atoms with Crippen LogP contribution in [0, 0.1) is 5.41 Å². The van der Waals surface area contributed by atoms with Crippen molar-refractivity contribution in [3.8, 4) is 0 Å². The second-order valence-corrected chi connectivity index (χ2v) is 7.25. The van der Waals surface area contributed by atoms with Crippen molar-refractivity contribution < 1.29 is 14.3 Å². The third kappa shape index (κ3) is 6.34. The van der Waals surface area contributed by atoms with Gasteiger partial charge in [-0.1, -0.05) is 53.5 Å². The van der Waals surface area contributed by atoms with E-state index in [1.165, 1.54) is 11.1 Å². The zero-order valence-electron chi connectivity index (χ0n) is 15.6. The Balaban J connectivity index is 3.00. The first-order valence-corrected chi connectivity index (χ1v) is 8.64. The summed E-state index contributed by atoms with van der Waals surface area (Å²) in [5.41, 5.74) is 2.93. The fraction of sp³-hybridized carbons (Fsp3) is 0.650. The van der Waals surface area contributed by atoms with E-state index in [4.69, 9.17) is 9.47 Å². The van der Waals surface area contributed by atoms with Crippen LogP contribution in [0.25, 0.3) is 0 Å². The molecule has 1 aromatic rings. The van der Waals surface area contributed by atoms with Crippen LogP contribution in [-0.4, -0.2) is 25.8 Å². The first-order chi connectivity index (χ1) is 10.8. The predicted octanol–water partition coefficient (Wildman–Crippen LogP) is 4.81. The number of carbonyl (C=O) groups is 1. The molecule has 0 fully saturated rings. The van der Waals surface area contributed by atoms with Gasteiger partial charge in [-0.05, 0) is 36.1 Å². The molecule has 3 nitrogen and oxygen atoms in total. The maximum atomic E-state index is 12.6. The lowest BCUT2D eigenvalue weighted by Crippen LogP contribution is -2.35. The highest BCUT2D eigenvalue weighted by atomic mass is 16.6. The largest absolute Gasteiger partial charge is 0.456 e. The smallest absolute Gasteiger partial charge is 0.338 e. The van der Waals surface area contributed by atoms with Crippen LogP contribution >= 0.6 is 0 Å². The molecule has 0 amide bonds. The highest BCUT2D eigenvalue weighted by molar-refractivity contribution is 5.90. The zero-order valence-corrected chi connectivity index (χ0v) is 15.6. The molecule has 0 spiro atoms. The third-order valence-corrected chi connectivity index (χ3v) is 3.90. The minimum atomic E-state index is -0.260. The molecule has 3 heteroatoms. The number of aryl methyl sites for hydroxylation is 2. The Morgan fingerprint density at radius 1 is 1.04 bits per heavy atom. The molecule has 1 unspecified atom stereocenters. The standard InChI is InChI=1S/C20H32O3/c1-7-9-15-11-16(10-8-2)13-17(12-15)19(21)23-18(14-22-6)20(3,4)5/h11-13,18H,7-10,14H2,1-6H3. The molecule has 0 saturated heterocycles. The molecule has 0 aliphatic heterocycles. The first kappa shape index (κ1) is 19.7. The molecule has 0 bridgehead atoms. The molecule has 0 aliphatic carbocycles. The number of ether oxygens (including phenoxy) is 2. The number of hydrogen-bond acceptors (Lipinski definition) is 3. The Kier molecular flexibility index (Phi) is 7.77. The van der Waals surface area contributed by atoms with Gasteiger partial charge in [0.2, 0.25) is 0 Å². The summed E-state index contributed by atoms with van der Waals surface area (Å²) in [6, 6.07) is 6.15. The Morgan fingerprint density at radius 3 is 1.96 bits per heavy atom. The predicted molar refractivity (Wildman–Crippen MR) is 95.0 cm³/mol. The second kappa shape index (κ2) is 9.07. The monoisotopic (exact) mass is 320 g/mol. The molecule has 1 aromatic carbocycles. The maximum absolute atomic E-state index is 12.6. The van der Waals surface area contributed by atoms with E-state index in [-0.39, 0.29) is 17.5 Å². The lowest BCUT2D eigenvalue weighted by molar-refractivity contribution is -0.0351. The molecule has 0 aliphatic rings. The van der Waals surface area contributed by atoms with Crippen LogP contribution in [-0.2, 0) is 22.3 Å². The normalized spacial score (nSPS) is 13.0. The van der Waals surface area contributed by atoms with E-state index in [0.717, 1.165) is 25.7 Å². The lowest BCUT2D eigenvalue weighted by atomic mass is 9.89. The van der Waals surface area contributed by atoms with Gasteiger partial charge < -0.3 is 9.47 Å². The average molecular weight is 320 g/mol. The quantitative estimate of drug-likeness (QED) is 0.645. The van der Waals surface area contributed by atoms with Crippen molar-refractivity contribution in [1.29, 1.82) is 0 Å². The number of carbonyl (C=O) groups excluding carboxylic acids is 1. The number of methoxy groups -OCH3 is 1. The molecule has 23 heavy (non-hydrogen) atoms. The van der Waals surface area contributed by atoms with E-state index in [9.17, 15) is 4.79 Å². The van der Waals surface area contributed by atoms with Gasteiger partial charge in [0.25, 0.3) is 0 Å². The second-order valence-electron chi connectivity index (χ2n) is 7.25. The molecule has 1 rings (SSSR count). The summed E-state index contributed by atoms with van der Waals surface area (Å²) in [6.07, 6.45) is 3.85. The van der Waals surface area contributed by atoms with Crippen LogP contribution < -0.4 is 0 Å². The summed E-state index contributed by atoms with van der Waals surface area (Å²) < 4.78 is 11.0. The van der Waals surface area contributed by atoms with E-state index < -0.39 is 0 Å². The number of hydrogen-bond donors (Lipinski definition) is 0. The van der Waals surface area contributed by atoms with Crippen molar-refractivity contribution >= 4 is 5.97 Å². The molecule has 0 heterocycles.